The summed E-state index contributed by atoms with van der Waals surface area (Å²) in [7, 11) is 1.61. The number of hydrogen-bond acceptors (Lipinski definition) is 4. The van der Waals surface area contributed by atoms with Gasteiger partial charge >= 0.3 is 0 Å². The van der Waals surface area contributed by atoms with E-state index in [0.717, 1.165) is 43.2 Å². The lowest BCUT2D eigenvalue weighted by atomic mass is 9.89. The molecule has 1 atom stereocenters. The fraction of sp³-hybridized carbons (Fsp3) is 0.455. The summed E-state index contributed by atoms with van der Waals surface area (Å²) in [5.41, 5.74) is 2.26. The Hall–Kier alpha value is -2.18. The summed E-state index contributed by atoms with van der Waals surface area (Å²) in [5.74, 6) is 0.415. The molecule has 1 aliphatic heterocycles. The molecule has 1 unspecified atom stereocenters. The zero-order chi connectivity index (χ0) is 20.1. The zero-order valence-corrected chi connectivity index (χ0v) is 16.7. The molecule has 0 radical (unpaired) electrons. The number of likely N-dealkylation sites (N-methyl/N-ethyl adjacent to an activating group) is 1. The van der Waals surface area contributed by atoms with Crippen LogP contribution in [0.15, 0.2) is 30.3 Å². The van der Waals surface area contributed by atoms with Crippen LogP contribution in [0, 0.1) is 11.6 Å². The van der Waals surface area contributed by atoms with Crippen LogP contribution in [-0.4, -0.2) is 44.8 Å². The van der Waals surface area contributed by atoms with E-state index >= 15 is 0 Å². The van der Waals surface area contributed by atoms with Crippen LogP contribution in [0.2, 0.25) is 0 Å². The van der Waals surface area contributed by atoms with Crippen LogP contribution >= 0.6 is 0 Å². The molecule has 3 rings (SSSR count). The number of nitrogens with zero attached hydrogens (tertiary/aromatic N) is 1. The average molecular weight is 390 g/mol. The topological polar surface area (TPSA) is 33.7 Å². The van der Waals surface area contributed by atoms with Gasteiger partial charge in [-0.15, -0.1) is 0 Å². The molecule has 28 heavy (non-hydrogen) atoms. The van der Waals surface area contributed by atoms with Gasteiger partial charge in [0, 0.05) is 18.7 Å². The van der Waals surface area contributed by atoms with Crippen molar-refractivity contribution in [1.82, 2.24) is 10.2 Å². The first-order valence-electron chi connectivity index (χ1n) is 9.81. The van der Waals surface area contributed by atoms with Gasteiger partial charge in [-0.05, 0) is 61.0 Å². The standard InChI is InChI=1S/C22H28F2N2O2/c1-4-26(5-2)10-11-28-21-14-17-15(12-20(21)27-3)8-9-25-22(17)18-13-16(23)6-7-19(18)24/h6-7,12-14,22,25H,4-5,8-11H2,1-3H3. The van der Waals surface area contributed by atoms with E-state index in [9.17, 15) is 8.78 Å². The smallest absolute Gasteiger partial charge is 0.161 e. The van der Waals surface area contributed by atoms with Crippen LogP contribution < -0.4 is 14.8 Å². The number of methoxy groups -OCH3 is 1. The molecule has 1 aliphatic rings. The summed E-state index contributed by atoms with van der Waals surface area (Å²) in [6, 6.07) is 7.00. The number of benzene rings is 2. The highest BCUT2D eigenvalue weighted by atomic mass is 19.1. The second-order valence-corrected chi connectivity index (χ2v) is 6.88. The van der Waals surface area contributed by atoms with Crippen molar-refractivity contribution >= 4 is 0 Å². The Morgan fingerprint density at radius 1 is 1.07 bits per heavy atom. The summed E-state index contributed by atoms with van der Waals surface area (Å²) in [5, 5.41) is 3.31. The number of fused-ring (bicyclic) bond motifs is 1. The molecule has 0 saturated heterocycles. The number of rotatable bonds is 8. The Labute approximate surface area is 165 Å². The predicted octanol–water partition coefficient (Wildman–Crippen LogP) is 3.93. The van der Waals surface area contributed by atoms with Crippen LogP contribution in [0.3, 0.4) is 0 Å². The predicted molar refractivity (Wildman–Crippen MR) is 106 cm³/mol. The number of ether oxygens (including phenoxy) is 2. The zero-order valence-electron chi connectivity index (χ0n) is 16.7. The Morgan fingerprint density at radius 2 is 1.86 bits per heavy atom. The van der Waals surface area contributed by atoms with E-state index in [4.69, 9.17) is 9.47 Å². The Bertz CT molecular complexity index is 809. The second kappa shape index (κ2) is 9.34. The molecule has 1 heterocycles. The molecule has 0 saturated carbocycles. The van der Waals surface area contributed by atoms with Gasteiger partial charge in [-0.2, -0.15) is 0 Å². The maximum absolute atomic E-state index is 14.4. The highest BCUT2D eigenvalue weighted by molar-refractivity contribution is 5.51. The first-order valence-corrected chi connectivity index (χ1v) is 9.81. The molecule has 6 heteroatoms. The third kappa shape index (κ3) is 4.45. The van der Waals surface area contributed by atoms with Crippen molar-refractivity contribution in [3.8, 4) is 11.5 Å². The number of halogens is 2. The minimum absolute atomic E-state index is 0.306. The third-order valence-corrected chi connectivity index (χ3v) is 5.31. The van der Waals surface area contributed by atoms with Gasteiger partial charge in [0.15, 0.2) is 11.5 Å². The summed E-state index contributed by atoms with van der Waals surface area (Å²) in [4.78, 5) is 2.28. The first kappa shape index (κ1) is 20.6. The lowest BCUT2D eigenvalue weighted by Gasteiger charge is -2.29. The van der Waals surface area contributed by atoms with Gasteiger partial charge in [-0.3, -0.25) is 0 Å². The molecular weight excluding hydrogens is 362 g/mol. The van der Waals surface area contributed by atoms with Crippen molar-refractivity contribution in [3.63, 3.8) is 0 Å². The lowest BCUT2D eigenvalue weighted by Crippen LogP contribution is -2.31. The maximum atomic E-state index is 14.4. The highest BCUT2D eigenvalue weighted by Crippen LogP contribution is 2.38. The Kier molecular flexibility index (Phi) is 6.86. The summed E-state index contributed by atoms with van der Waals surface area (Å²) in [6.45, 7) is 8.19. The van der Waals surface area contributed by atoms with E-state index in [1.165, 1.54) is 12.1 Å². The van der Waals surface area contributed by atoms with Crippen molar-refractivity contribution in [2.45, 2.75) is 26.3 Å². The molecular formula is C22H28F2N2O2. The molecule has 0 bridgehead atoms. The molecule has 0 aromatic heterocycles. The van der Waals surface area contributed by atoms with Crippen LogP contribution in [0.5, 0.6) is 11.5 Å². The van der Waals surface area contributed by atoms with E-state index in [1.807, 2.05) is 12.1 Å². The summed E-state index contributed by atoms with van der Waals surface area (Å²) in [6.07, 6.45) is 0.791. The van der Waals surface area contributed by atoms with Crippen molar-refractivity contribution < 1.29 is 18.3 Å². The van der Waals surface area contributed by atoms with Gasteiger partial charge in [-0.1, -0.05) is 13.8 Å². The van der Waals surface area contributed by atoms with Gasteiger partial charge in [-0.25, -0.2) is 8.78 Å². The average Bonchev–Trinajstić information content (AvgIpc) is 2.72. The van der Waals surface area contributed by atoms with Crippen molar-refractivity contribution in [2.75, 3.05) is 39.9 Å². The fourth-order valence-corrected chi connectivity index (χ4v) is 3.67. The quantitative estimate of drug-likeness (QED) is 0.741. The van der Waals surface area contributed by atoms with E-state index in [0.29, 0.717) is 30.2 Å². The molecule has 2 aromatic rings. The van der Waals surface area contributed by atoms with Crippen molar-refractivity contribution in [2.24, 2.45) is 0 Å². The number of hydrogen-bond donors (Lipinski definition) is 1. The first-order chi connectivity index (χ1) is 13.6. The molecule has 0 aliphatic carbocycles. The maximum Gasteiger partial charge on any atom is 0.161 e. The van der Waals surface area contributed by atoms with Gasteiger partial charge in [0.2, 0.25) is 0 Å². The SMILES string of the molecule is CCN(CC)CCOc1cc2c(cc1OC)CCNC2c1cc(F)ccc1F. The summed E-state index contributed by atoms with van der Waals surface area (Å²) < 4.78 is 39.7. The van der Waals surface area contributed by atoms with Gasteiger partial charge in [0.05, 0.1) is 13.2 Å². The largest absolute Gasteiger partial charge is 0.493 e. The fourth-order valence-electron chi connectivity index (χ4n) is 3.67. The third-order valence-electron chi connectivity index (χ3n) is 5.31. The molecule has 0 spiro atoms. The normalized spacial score (nSPS) is 16.1. The van der Waals surface area contributed by atoms with E-state index < -0.39 is 17.7 Å². The lowest BCUT2D eigenvalue weighted by molar-refractivity contribution is 0.217. The Morgan fingerprint density at radius 3 is 2.57 bits per heavy atom. The molecule has 0 amide bonds. The minimum atomic E-state index is -0.450. The van der Waals surface area contributed by atoms with E-state index in [1.54, 1.807) is 7.11 Å². The van der Waals surface area contributed by atoms with Crippen LogP contribution in [0.25, 0.3) is 0 Å². The van der Waals surface area contributed by atoms with Crippen molar-refractivity contribution in [3.05, 3.63) is 58.7 Å². The van der Waals surface area contributed by atoms with Crippen LogP contribution in [0.4, 0.5) is 8.78 Å². The molecule has 0 fully saturated rings. The molecule has 1 N–H and O–H groups in total. The van der Waals surface area contributed by atoms with Crippen LogP contribution in [0.1, 0.15) is 36.6 Å². The highest BCUT2D eigenvalue weighted by Gasteiger charge is 2.26. The van der Waals surface area contributed by atoms with E-state index in [-0.39, 0.29) is 0 Å². The number of nitrogens with one attached hydrogen (secondary N) is 1. The molecule has 152 valence electrons. The monoisotopic (exact) mass is 390 g/mol. The molecule has 2 aromatic carbocycles. The van der Waals surface area contributed by atoms with Gasteiger partial charge in [0.25, 0.3) is 0 Å². The molecule has 4 nitrogen and oxygen atoms in total. The van der Waals surface area contributed by atoms with Crippen LogP contribution in [-0.2, 0) is 6.42 Å². The minimum Gasteiger partial charge on any atom is -0.493 e. The van der Waals surface area contributed by atoms with Gasteiger partial charge in [0.1, 0.15) is 18.2 Å². The second-order valence-electron chi connectivity index (χ2n) is 6.88. The van der Waals surface area contributed by atoms with Gasteiger partial charge < -0.3 is 19.7 Å². The summed E-state index contributed by atoms with van der Waals surface area (Å²) >= 11 is 0. The van der Waals surface area contributed by atoms with Crippen molar-refractivity contribution in [1.29, 1.82) is 0 Å². The Balaban J connectivity index is 1.90. The van der Waals surface area contributed by atoms with E-state index in [2.05, 4.69) is 24.1 Å².